The van der Waals surface area contributed by atoms with Gasteiger partial charge in [-0.05, 0) is 25.7 Å². The van der Waals surface area contributed by atoms with Crippen LogP contribution in [-0.2, 0) is 14.8 Å². The van der Waals surface area contributed by atoms with Crippen LogP contribution >= 0.6 is 11.6 Å². The van der Waals surface area contributed by atoms with Gasteiger partial charge in [-0.25, -0.2) is 23.1 Å². The smallest absolute Gasteiger partial charge is 0.243 e. The molecule has 0 unspecified atom stereocenters. The summed E-state index contributed by atoms with van der Waals surface area (Å²) < 4.78 is 31.2. The lowest BCUT2D eigenvalue weighted by Gasteiger charge is -2.10. The number of nitrogens with zero attached hydrogens (tertiary/aromatic N) is 3. The van der Waals surface area contributed by atoms with E-state index in [1.807, 2.05) is 19.0 Å². The lowest BCUT2D eigenvalue weighted by molar-refractivity contribution is 0.122. The fourth-order valence-electron chi connectivity index (χ4n) is 1.12. The van der Waals surface area contributed by atoms with E-state index in [1.165, 1.54) is 0 Å². The minimum Gasteiger partial charge on any atom is -0.379 e. The Labute approximate surface area is 118 Å². The fraction of sp³-hybridized carbons (Fsp3) is 0.600. The summed E-state index contributed by atoms with van der Waals surface area (Å²) in [7, 11) is 0.270. The molecule has 1 aromatic heterocycles. The minimum atomic E-state index is -3.60. The molecular weight excluding hydrogens is 292 g/mol. The van der Waals surface area contributed by atoms with Crippen LogP contribution in [0.1, 0.15) is 0 Å². The highest BCUT2D eigenvalue weighted by molar-refractivity contribution is 7.89. The number of rotatable bonds is 8. The van der Waals surface area contributed by atoms with E-state index in [-0.39, 0.29) is 16.7 Å². The van der Waals surface area contributed by atoms with Gasteiger partial charge in [-0.3, -0.25) is 0 Å². The molecule has 0 saturated carbocycles. The Morgan fingerprint density at radius 1 is 1.32 bits per heavy atom. The Bertz CT molecular complexity index is 478. The van der Waals surface area contributed by atoms with Gasteiger partial charge >= 0.3 is 0 Å². The molecule has 0 saturated heterocycles. The Morgan fingerprint density at radius 2 is 1.95 bits per heavy atom. The molecule has 0 aliphatic rings. The molecule has 0 aromatic carbocycles. The topological polar surface area (TPSA) is 84.4 Å². The zero-order valence-electron chi connectivity index (χ0n) is 10.8. The number of nitrogens with one attached hydrogen (secondary N) is 1. The SMILES string of the molecule is CN(C)CCOCCNS(=O)(=O)c1cnc(Cl)nc1. The third-order valence-corrected chi connectivity index (χ3v) is 3.74. The number of hydrogen-bond donors (Lipinski definition) is 1. The van der Waals surface area contributed by atoms with Gasteiger partial charge in [-0.2, -0.15) is 0 Å². The van der Waals surface area contributed by atoms with Gasteiger partial charge in [0.15, 0.2) is 0 Å². The van der Waals surface area contributed by atoms with Crippen LogP contribution in [0.5, 0.6) is 0 Å². The van der Waals surface area contributed by atoms with Crippen LogP contribution in [0.3, 0.4) is 0 Å². The standard InChI is InChI=1S/C10H17ClN4O3S/c1-15(2)4-6-18-5-3-14-19(16,17)9-7-12-10(11)13-8-9/h7-8,14H,3-6H2,1-2H3. The molecule has 0 aliphatic heterocycles. The van der Waals surface area contributed by atoms with Crippen molar-refractivity contribution in [1.29, 1.82) is 0 Å². The van der Waals surface area contributed by atoms with Crippen LogP contribution in [0.4, 0.5) is 0 Å². The van der Waals surface area contributed by atoms with Crippen molar-refractivity contribution in [1.82, 2.24) is 19.6 Å². The molecule has 1 N–H and O–H groups in total. The number of likely N-dealkylation sites (N-methyl/N-ethyl adjacent to an activating group) is 1. The van der Waals surface area contributed by atoms with Crippen molar-refractivity contribution in [3.8, 4) is 0 Å². The Balaban J connectivity index is 2.33. The van der Waals surface area contributed by atoms with Crippen LogP contribution in [-0.4, -0.2) is 63.7 Å². The summed E-state index contributed by atoms with van der Waals surface area (Å²) in [5.41, 5.74) is 0. The van der Waals surface area contributed by atoms with Crippen molar-refractivity contribution in [2.75, 3.05) is 40.4 Å². The highest BCUT2D eigenvalue weighted by atomic mass is 35.5. The van der Waals surface area contributed by atoms with Crippen molar-refractivity contribution in [3.63, 3.8) is 0 Å². The van der Waals surface area contributed by atoms with Gasteiger partial charge in [0.05, 0.1) is 25.6 Å². The van der Waals surface area contributed by atoms with Crippen LogP contribution in [0.25, 0.3) is 0 Å². The van der Waals surface area contributed by atoms with Gasteiger partial charge in [0.25, 0.3) is 0 Å². The molecule has 0 atom stereocenters. The minimum absolute atomic E-state index is 0.00553. The third-order valence-electron chi connectivity index (χ3n) is 2.13. The first-order chi connectivity index (χ1) is 8.92. The highest BCUT2D eigenvalue weighted by Gasteiger charge is 2.14. The lowest BCUT2D eigenvalue weighted by atomic mass is 10.6. The fourth-order valence-corrected chi connectivity index (χ4v) is 2.12. The maximum Gasteiger partial charge on any atom is 0.243 e. The zero-order chi connectivity index (χ0) is 14.3. The number of aromatic nitrogens is 2. The summed E-state index contributed by atoms with van der Waals surface area (Å²) in [5.74, 6) is 0. The second-order valence-electron chi connectivity index (χ2n) is 4.00. The summed E-state index contributed by atoms with van der Waals surface area (Å²) in [6.45, 7) is 1.84. The number of ether oxygens (including phenoxy) is 1. The van der Waals surface area contributed by atoms with Crippen molar-refractivity contribution >= 4 is 21.6 Å². The molecule has 19 heavy (non-hydrogen) atoms. The van der Waals surface area contributed by atoms with E-state index in [0.29, 0.717) is 13.2 Å². The third kappa shape index (κ3) is 6.26. The van der Waals surface area contributed by atoms with E-state index in [4.69, 9.17) is 16.3 Å². The van der Waals surface area contributed by atoms with Crippen LogP contribution in [0, 0.1) is 0 Å². The van der Waals surface area contributed by atoms with Crippen LogP contribution < -0.4 is 4.72 Å². The van der Waals surface area contributed by atoms with Gasteiger partial charge in [0.2, 0.25) is 15.3 Å². The molecule has 1 aromatic rings. The molecule has 0 amide bonds. The molecule has 0 spiro atoms. The van der Waals surface area contributed by atoms with Gasteiger partial charge < -0.3 is 9.64 Å². The van der Waals surface area contributed by atoms with E-state index in [9.17, 15) is 8.42 Å². The van der Waals surface area contributed by atoms with Crippen molar-refractivity contribution in [2.24, 2.45) is 0 Å². The molecule has 9 heteroatoms. The molecular formula is C10H17ClN4O3S. The van der Waals surface area contributed by atoms with Gasteiger partial charge in [0.1, 0.15) is 4.90 Å². The Kier molecular flexibility index (Phi) is 6.59. The van der Waals surface area contributed by atoms with Gasteiger partial charge in [0, 0.05) is 13.1 Å². The Morgan fingerprint density at radius 3 is 2.53 bits per heavy atom. The first-order valence-electron chi connectivity index (χ1n) is 5.61. The van der Waals surface area contributed by atoms with Crippen molar-refractivity contribution < 1.29 is 13.2 Å². The molecule has 1 rings (SSSR count). The van der Waals surface area contributed by atoms with E-state index < -0.39 is 10.0 Å². The lowest BCUT2D eigenvalue weighted by Crippen LogP contribution is -2.28. The summed E-state index contributed by atoms with van der Waals surface area (Å²) >= 11 is 5.49. The maximum absolute atomic E-state index is 11.8. The Hall–Kier alpha value is -0.800. The number of sulfonamides is 1. The van der Waals surface area contributed by atoms with Gasteiger partial charge in [-0.1, -0.05) is 0 Å². The molecule has 1 heterocycles. The molecule has 0 bridgehead atoms. The van der Waals surface area contributed by atoms with Crippen LogP contribution in [0.15, 0.2) is 17.3 Å². The maximum atomic E-state index is 11.8. The quantitative estimate of drug-likeness (QED) is 0.537. The first kappa shape index (κ1) is 16.3. The highest BCUT2D eigenvalue weighted by Crippen LogP contribution is 2.06. The summed E-state index contributed by atoms with van der Waals surface area (Å²) in [5, 5.41) is 0.00553. The average Bonchev–Trinajstić information content (AvgIpc) is 2.34. The van der Waals surface area contributed by atoms with E-state index in [0.717, 1.165) is 18.9 Å². The number of hydrogen-bond acceptors (Lipinski definition) is 6. The summed E-state index contributed by atoms with van der Waals surface area (Å²) in [4.78, 5) is 9.20. The van der Waals surface area contributed by atoms with E-state index in [2.05, 4.69) is 14.7 Å². The van der Waals surface area contributed by atoms with E-state index in [1.54, 1.807) is 0 Å². The summed E-state index contributed by atoms with van der Waals surface area (Å²) in [6, 6.07) is 0. The normalized spacial score (nSPS) is 12.0. The summed E-state index contributed by atoms with van der Waals surface area (Å²) in [6.07, 6.45) is 2.31. The monoisotopic (exact) mass is 308 g/mol. The molecule has 0 aliphatic carbocycles. The first-order valence-corrected chi connectivity index (χ1v) is 7.47. The number of halogens is 1. The molecule has 0 fully saturated rings. The van der Waals surface area contributed by atoms with Crippen molar-refractivity contribution in [2.45, 2.75) is 4.90 Å². The molecule has 108 valence electrons. The predicted molar refractivity (Wildman–Crippen MR) is 71.6 cm³/mol. The second kappa shape index (κ2) is 7.71. The van der Waals surface area contributed by atoms with E-state index >= 15 is 0 Å². The second-order valence-corrected chi connectivity index (χ2v) is 6.11. The van der Waals surface area contributed by atoms with Crippen LogP contribution in [0.2, 0.25) is 5.28 Å². The van der Waals surface area contributed by atoms with Gasteiger partial charge in [-0.15, -0.1) is 0 Å². The largest absolute Gasteiger partial charge is 0.379 e. The van der Waals surface area contributed by atoms with Crippen molar-refractivity contribution in [3.05, 3.63) is 17.7 Å². The zero-order valence-corrected chi connectivity index (χ0v) is 12.4. The molecule has 0 radical (unpaired) electrons. The average molecular weight is 309 g/mol. The molecule has 7 nitrogen and oxygen atoms in total. The predicted octanol–water partition coefficient (Wildman–Crippen LogP) is -0.0135.